The van der Waals surface area contributed by atoms with E-state index in [-0.39, 0.29) is 42.1 Å². The van der Waals surface area contributed by atoms with Crippen molar-refractivity contribution in [3.63, 3.8) is 0 Å². The van der Waals surface area contributed by atoms with E-state index in [1.807, 2.05) is 91.8 Å². The van der Waals surface area contributed by atoms with E-state index in [1.54, 1.807) is 0 Å². The standard InChI is InChI=1S/2C22H21N3.2C5H7N2.2Pt/c2*1-15-12-16(2)21(17(3)13-15)18-7-9-19(10-8-18)25-14-24(4)20-6-5-11-23-22(20)25;2*1-4-3-5(2)7-6-4;;/h2*5-9,11-14H,1-4H3;2*3H,1-2H3;;/q2*-2;2*-1;;. The first kappa shape index (κ1) is 51.2. The van der Waals surface area contributed by atoms with Crippen LogP contribution in [0.3, 0.4) is 0 Å². The summed E-state index contributed by atoms with van der Waals surface area (Å²) in [6, 6.07) is 40.5. The van der Waals surface area contributed by atoms with Gasteiger partial charge >= 0.3 is 0 Å². The van der Waals surface area contributed by atoms with Crippen molar-refractivity contribution in [2.45, 2.75) is 69.2 Å². The fourth-order valence-electron chi connectivity index (χ4n) is 8.38. The van der Waals surface area contributed by atoms with Crippen LogP contribution < -0.4 is 29.8 Å². The van der Waals surface area contributed by atoms with Crippen molar-refractivity contribution in [2.24, 2.45) is 0 Å². The minimum Gasteiger partial charge on any atom is -0.579 e. The molecule has 4 aromatic heterocycles. The molecule has 0 spiro atoms. The Balaban J connectivity index is 0.000000187. The largest absolute Gasteiger partial charge is 0.579 e. The molecule has 8 aromatic rings. The zero-order valence-corrected chi connectivity index (χ0v) is 44.2. The normalized spacial score (nSPS) is 12.1. The van der Waals surface area contributed by atoms with Crippen LogP contribution in [-0.2, 0) is 42.1 Å². The summed E-state index contributed by atoms with van der Waals surface area (Å²) in [5, 5.41) is 15.1. The van der Waals surface area contributed by atoms with E-state index in [9.17, 15) is 0 Å². The van der Waals surface area contributed by atoms with E-state index in [1.165, 1.54) is 55.6 Å². The van der Waals surface area contributed by atoms with Crippen LogP contribution in [-0.4, -0.2) is 34.3 Å². The maximum absolute atomic E-state index is 4.52. The third-order valence-electron chi connectivity index (χ3n) is 10.9. The number of hydrogen-bond donors (Lipinski definition) is 0. The zero-order valence-electron chi connectivity index (χ0n) is 39.7. The maximum atomic E-state index is 4.52. The van der Waals surface area contributed by atoms with Gasteiger partial charge in [-0.1, -0.05) is 94.8 Å². The molecule has 10 rings (SSSR count). The first-order valence-corrected chi connectivity index (χ1v) is 21.4. The molecular weight excluding hydrogens is 1180 g/mol. The topological polar surface area (TPSA) is 92.7 Å². The number of fused-ring (bicyclic) bond motifs is 2. The van der Waals surface area contributed by atoms with E-state index in [0.29, 0.717) is 0 Å². The molecule has 0 radical (unpaired) electrons. The van der Waals surface area contributed by atoms with Gasteiger partial charge in [0, 0.05) is 77.3 Å². The van der Waals surface area contributed by atoms with Crippen molar-refractivity contribution in [3.8, 4) is 22.3 Å². The Morgan fingerprint density at radius 2 is 0.848 bits per heavy atom. The second kappa shape index (κ2) is 22.6. The van der Waals surface area contributed by atoms with Gasteiger partial charge in [0.05, 0.1) is 0 Å². The number of rotatable bonds is 4. The second-order valence-corrected chi connectivity index (χ2v) is 16.6. The summed E-state index contributed by atoms with van der Waals surface area (Å²) >= 11 is 0. The van der Waals surface area contributed by atoms with Gasteiger partial charge in [-0.05, 0) is 93.8 Å². The molecule has 0 fully saturated rings. The molecule has 0 amide bonds. The number of aromatic nitrogens is 6. The molecule has 12 heteroatoms. The molecule has 2 aliphatic rings. The Hall–Kier alpha value is -5.82. The van der Waals surface area contributed by atoms with Crippen LogP contribution in [0.25, 0.3) is 22.3 Å². The van der Waals surface area contributed by atoms with Crippen LogP contribution in [0.5, 0.6) is 0 Å². The van der Waals surface area contributed by atoms with Gasteiger partial charge in [-0.3, -0.25) is 0 Å². The van der Waals surface area contributed by atoms with Gasteiger partial charge in [0.15, 0.2) is 0 Å². The first-order valence-electron chi connectivity index (χ1n) is 21.4. The van der Waals surface area contributed by atoms with Gasteiger partial charge in [0.1, 0.15) is 11.6 Å². The smallest absolute Gasteiger partial charge is 0.124 e. The molecule has 0 saturated heterocycles. The predicted octanol–water partition coefficient (Wildman–Crippen LogP) is 11.7. The Morgan fingerprint density at radius 3 is 1.12 bits per heavy atom. The third-order valence-corrected chi connectivity index (χ3v) is 10.9. The molecule has 6 heterocycles. The number of anilines is 6. The first-order chi connectivity index (χ1) is 30.7. The summed E-state index contributed by atoms with van der Waals surface area (Å²) in [4.78, 5) is 17.4. The average molecular weight is 1240 g/mol. The Labute approximate surface area is 420 Å². The quantitative estimate of drug-likeness (QED) is 0.159. The molecule has 0 aliphatic carbocycles. The molecule has 2 aliphatic heterocycles. The van der Waals surface area contributed by atoms with E-state index in [2.05, 4.69) is 176 Å². The van der Waals surface area contributed by atoms with Gasteiger partial charge in [-0.2, -0.15) is 49.7 Å². The number of benzene rings is 4. The van der Waals surface area contributed by atoms with Crippen LogP contribution >= 0.6 is 0 Å². The maximum Gasteiger partial charge on any atom is 0.124 e. The summed E-state index contributed by atoms with van der Waals surface area (Å²) in [5.74, 6) is 1.88. The van der Waals surface area contributed by atoms with E-state index >= 15 is 0 Å². The zero-order chi connectivity index (χ0) is 45.7. The Bertz CT molecular complexity index is 2570. The van der Waals surface area contributed by atoms with E-state index in [0.717, 1.165) is 57.2 Å². The number of aryl methyl sites for hydroxylation is 10. The van der Waals surface area contributed by atoms with Gasteiger partial charge < -0.3 is 40.0 Å². The summed E-state index contributed by atoms with van der Waals surface area (Å²) in [5.41, 5.74) is 21.0. The van der Waals surface area contributed by atoms with Crippen LogP contribution in [0.4, 0.5) is 34.4 Å². The number of hydrogen-bond acceptors (Lipinski definition) is 8. The van der Waals surface area contributed by atoms with Crippen molar-refractivity contribution >= 4 is 34.4 Å². The van der Waals surface area contributed by atoms with Crippen molar-refractivity contribution in [3.05, 3.63) is 191 Å². The molecule has 0 saturated carbocycles. The summed E-state index contributed by atoms with van der Waals surface area (Å²) in [7, 11) is 4.07. The molecule has 0 bridgehead atoms. The SMILES string of the molecule is Cc1cc(C)[n-]n1.Cc1cc(C)[n-]n1.Cc1cc(C)c(-c2c[c-]c(N3[CH-]N(C)c4cccnc43)cc2)c(C)c1.Cc1cc(C)c(-c2c[c-]c(N3[CH-]N(C)c4cccnc43)cc2)c(C)c1.[Pt].[Pt]. The van der Waals surface area contributed by atoms with Crippen LogP contribution in [0.1, 0.15) is 56.2 Å². The van der Waals surface area contributed by atoms with Crippen molar-refractivity contribution in [1.82, 2.24) is 30.4 Å². The van der Waals surface area contributed by atoms with Crippen LogP contribution in [0, 0.1) is 94.7 Å². The number of nitrogens with zero attached hydrogens (tertiary/aromatic N) is 10. The molecule has 0 unspecified atom stereocenters. The average Bonchev–Trinajstić information content (AvgIpc) is 4.03. The Morgan fingerprint density at radius 1 is 0.485 bits per heavy atom. The molecule has 348 valence electrons. The minimum atomic E-state index is 0. The molecular formula is C54H56N10Pt2-6. The second-order valence-electron chi connectivity index (χ2n) is 16.6. The summed E-state index contributed by atoms with van der Waals surface area (Å²) in [6.45, 7) is 24.8. The van der Waals surface area contributed by atoms with E-state index < -0.39 is 0 Å². The van der Waals surface area contributed by atoms with Gasteiger partial charge in [-0.25, -0.2) is 9.97 Å². The van der Waals surface area contributed by atoms with Crippen LogP contribution in [0.15, 0.2) is 109 Å². The summed E-state index contributed by atoms with van der Waals surface area (Å²) in [6.07, 6.45) is 3.65. The molecule has 66 heavy (non-hydrogen) atoms. The Kier molecular flexibility index (Phi) is 17.5. The van der Waals surface area contributed by atoms with Gasteiger partial charge in [0.2, 0.25) is 0 Å². The summed E-state index contributed by atoms with van der Waals surface area (Å²) < 4.78 is 0. The van der Waals surface area contributed by atoms with Gasteiger partial charge in [-0.15, -0.1) is 46.0 Å². The molecule has 4 aromatic carbocycles. The molecule has 10 nitrogen and oxygen atoms in total. The fourth-order valence-corrected chi connectivity index (χ4v) is 8.38. The molecule has 0 N–H and O–H groups in total. The van der Waals surface area contributed by atoms with E-state index in [4.69, 9.17) is 0 Å². The van der Waals surface area contributed by atoms with Crippen LogP contribution in [0.2, 0.25) is 0 Å². The van der Waals surface area contributed by atoms with Crippen molar-refractivity contribution < 1.29 is 42.1 Å². The predicted molar refractivity (Wildman–Crippen MR) is 262 cm³/mol. The van der Waals surface area contributed by atoms with Crippen molar-refractivity contribution in [1.29, 1.82) is 0 Å². The monoisotopic (exact) mass is 1230 g/mol. The fraction of sp³-hybridized carbons (Fsp3) is 0.222. The molecule has 0 atom stereocenters. The van der Waals surface area contributed by atoms with Crippen molar-refractivity contribution in [2.75, 3.05) is 33.7 Å². The minimum absolute atomic E-state index is 0. The third kappa shape index (κ3) is 11.9. The van der Waals surface area contributed by atoms with Gasteiger partial charge in [0.25, 0.3) is 0 Å². The number of pyridine rings is 2.